The Morgan fingerprint density at radius 3 is 2.20 bits per heavy atom. The highest BCUT2D eigenvalue weighted by Crippen LogP contribution is 2.18. The summed E-state index contributed by atoms with van der Waals surface area (Å²) in [6.45, 7) is 5.79. The van der Waals surface area contributed by atoms with Crippen LogP contribution in [0.25, 0.3) is 0 Å². The number of aryl methyl sites for hydroxylation is 2. The molecule has 2 nitrogen and oxygen atoms in total. The van der Waals surface area contributed by atoms with Gasteiger partial charge in [0, 0.05) is 17.2 Å². The van der Waals surface area contributed by atoms with E-state index in [4.69, 9.17) is 4.74 Å². The molecule has 0 spiro atoms. The van der Waals surface area contributed by atoms with E-state index < -0.39 is 0 Å². The number of hydrogen-bond donors (Lipinski definition) is 0. The second-order valence-corrected chi connectivity index (χ2v) is 5.99. The highest BCUT2D eigenvalue weighted by atomic mass is 79.9. The predicted octanol–water partition coefficient (Wildman–Crippen LogP) is 4.58. The molecule has 0 aliphatic rings. The monoisotopic (exact) mass is 333 g/mol. The molecule has 0 aromatic heterocycles. The van der Waals surface area contributed by atoms with E-state index in [2.05, 4.69) is 59.9 Å². The van der Waals surface area contributed by atoms with Crippen molar-refractivity contribution >= 4 is 21.6 Å². The van der Waals surface area contributed by atoms with E-state index in [1.807, 2.05) is 24.3 Å². The van der Waals surface area contributed by atoms with E-state index in [0.29, 0.717) is 6.61 Å². The van der Waals surface area contributed by atoms with Crippen LogP contribution in [0.3, 0.4) is 0 Å². The zero-order chi connectivity index (χ0) is 14.5. The molecule has 0 saturated carbocycles. The van der Waals surface area contributed by atoms with Crippen molar-refractivity contribution < 1.29 is 4.74 Å². The Labute approximate surface area is 129 Å². The Kier molecular flexibility index (Phi) is 5.07. The van der Waals surface area contributed by atoms with Gasteiger partial charge >= 0.3 is 0 Å². The van der Waals surface area contributed by atoms with E-state index >= 15 is 0 Å². The summed E-state index contributed by atoms with van der Waals surface area (Å²) in [4.78, 5) is 2.22. The van der Waals surface area contributed by atoms with Gasteiger partial charge in [0.25, 0.3) is 0 Å². The lowest BCUT2D eigenvalue weighted by Gasteiger charge is -2.20. The quantitative estimate of drug-likeness (QED) is 0.793. The third-order valence-corrected chi connectivity index (χ3v) is 3.68. The Morgan fingerprint density at radius 2 is 1.60 bits per heavy atom. The van der Waals surface area contributed by atoms with Gasteiger partial charge in [0.1, 0.15) is 12.4 Å². The summed E-state index contributed by atoms with van der Waals surface area (Å²) in [7, 11) is 2.10. The number of nitrogens with zero attached hydrogens (tertiary/aromatic N) is 1. The lowest BCUT2D eigenvalue weighted by molar-refractivity contribution is 0.326. The standard InChI is InChI=1S/C17H20BrNO/c1-13-10-14(2)12-16(11-13)19(3)8-9-20-17-6-4-15(18)5-7-17/h4-7,10-12H,8-9H2,1-3H3. The highest BCUT2D eigenvalue weighted by molar-refractivity contribution is 9.10. The van der Waals surface area contributed by atoms with Gasteiger partial charge in [-0.25, -0.2) is 0 Å². The lowest BCUT2D eigenvalue weighted by atomic mass is 10.1. The minimum absolute atomic E-state index is 0.672. The first-order valence-corrected chi connectivity index (χ1v) is 7.52. The van der Waals surface area contributed by atoms with Crippen molar-refractivity contribution in [1.82, 2.24) is 0 Å². The Hall–Kier alpha value is -1.48. The van der Waals surface area contributed by atoms with Gasteiger partial charge < -0.3 is 9.64 Å². The molecule has 0 radical (unpaired) electrons. The number of hydrogen-bond acceptors (Lipinski definition) is 2. The number of halogens is 1. The molecule has 0 fully saturated rings. The van der Waals surface area contributed by atoms with Crippen LogP contribution in [0, 0.1) is 13.8 Å². The number of ether oxygens (including phenoxy) is 1. The number of anilines is 1. The zero-order valence-corrected chi connectivity index (χ0v) is 13.8. The van der Waals surface area contributed by atoms with E-state index in [0.717, 1.165) is 16.8 Å². The van der Waals surface area contributed by atoms with Crippen LogP contribution in [0.2, 0.25) is 0 Å². The van der Waals surface area contributed by atoms with Gasteiger partial charge in [0.15, 0.2) is 0 Å². The fraction of sp³-hybridized carbons (Fsp3) is 0.294. The van der Waals surface area contributed by atoms with Gasteiger partial charge in [-0.1, -0.05) is 22.0 Å². The van der Waals surface area contributed by atoms with Gasteiger partial charge in [0.05, 0.1) is 6.54 Å². The van der Waals surface area contributed by atoms with Gasteiger partial charge in [-0.05, 0) is 61.4 Å². The molecule has 0 bridgehead atoms. The van der Waals surface area contributed by atoms with Gasteiger partial charge in [-0.3, -0.25) is 0 Å². The molecule has 0 saturated heterocycles. The fourth-order valence-electron chi connectivity index (χ4n) is 2.13. The minimum Gasteiger partial charge on any atom is -0.492 e. The summed E-state index contributed by atoms with van der Waals surface area (Å²) in [5.74, 6) is 0.905. The summed E-state index contributed by atoms with van der Waals surface area (Å²) in [5, 5.41) is 0. The molecule has 0 unspecified atom stereocenters. The lowest BCUT2D eigenvalue weighted by Crippen LogP contribution is -2.23. The molecule has 0 amide bonds. The molecule has 2 aromatic carbocycles. The van der Waals surface area contributed by atoms with Gasteiger partial charge in [-0.2, -0.15) is 0 Å². The van der Waals surface area contributed by atoms with Gasteiger partial charge in [0.2, 0.25) is 0 Å². The molecule has 0 atom stereocenters. The zero-order valence-electron chi connectivity index (χ0n) is 12.2. The van der Waals surface area contributed by atoms with Crippen LogP contribution >= 0.6 is 15.9 Å². The van der Waals surface area contributed by atoms with E-state index in [1.54, 1.807) is 0 Å². The molecule has 0 heterocycles. The number of rotatable bonds is 5. The topological polar surface area (TPSA) is 12.5 Å². The first-order chi connectivity index (χ1) is 9.54. The van der Waals surface area contributed by atoms with Crippen molar-refractivity contribution in [3.05, 3.63) is 58.1 Å². The minimum atomic E-state index is 0.672. The third kappa shape index (κ3) is 4.27. The summed E-state index contributed by atoms with van der Waals surface area (Å²) in [5.41, 5.74) is 3.82. The predicted molar refractivity (Wildman–Crippen MR) is 88.8 cm³/mol. The van der Waals surface area contributed by atoms with Crippen LogP contribution in [-0.2, 0) is 0 Å². The molecular weight excluding hydrogens is 314 g/mol. The van der Waals surface area contributed by atoms with Crippen LogP contribution in [-0.4, -0.2) is 20.2 Å². The smallest absolute Gasteiger partial charge is 0.119 e. The summed E-state index contributed by atoms with van der Waals surface area (Å²) in [6.07, 6.45) is 0. The summed E-state index contributed by atoms with van der Waals surface area (Å²) >= 11 is 3.42. The van der Waals surface area contributed by atoms with E-state index in [1.165, 1.54) is 16.8 Å². The highest BCUT2D eigenvalue weighted by Gasteiger charge is 2.03. The third-order valence-electron chi connectivity index (χ3n) is 3.16. The van der Waals surface area contributed by atoms with Crippen LogP contribution in [0.15, 0.2) is 46.9 Å². The van der Waals surface area contributed by atoms with Crippen LogP contribution in [0.4, 0.5) is 5.69 Å². The first-order valence-electron chi connectivity index (χ1n) is 6.72. The van der Waals surface area contributed by atoms with Crippen molar-refractivity contribution in [2.75, 3.05) is 25.1 Å². The van der Waals surface area contributed by atoms with E-state index in [-0.39, 0.29) is 0 Å². The number of benzene rings is 2. The second-order valence-electron chi connectivity index (χ2n) is 5.07. The molecular formula is C17H20BrNO. The second kappa shape index (κ2) is 6.80. The van der Waals surface area contributed by atoms with Crippen molar-refractivity contribution in [3.8, 4) is 5.75 Å². The average molecular weight is 334 g/mol. The molecule has 106 valence electrons. The number of likely N-dealkylation sites (N-methyl/N-ethyl adjacent to an activating group) is 1. The van der Waals surface area contributed by atoms with Crippen LogP contribution < -0.4 is 9.64 Å². The maximum Gasteiger partial charge on any atom is 0.119 e. The molecule has 0 aliphatic carbocycles. The maximum atomic E-state index is 5.75. The Morgan fingerprint density at radius 1 is 1.00 bits per heavy atom. The first kappa shape index (κ1) is 14.9. The van der Waals surface area contributed by atoms with Crippen molar-refractivity contribution in [3.63, 3.8) is 0 Å². The van der Waals surface area contributed by atoms with Crippen LogP contribution in [0.5, 0.6) is 5.75 Å². The van der Waals surface area contributed by atoms with Gasteiger partial charge in [-0.15, -0.1) is 0 Å². The van der Waals surface area contributed by atoms with Crippen molar-refractivity contribution in [2.24, 2.45) is 0 Å². The van der Waals surface area contributed by atoms with E-state index in [9.17, 15) is 0 Å². The molecule has 3 heteroatoms. The largest absolute Gasteiger partial charge is 0.492 e. The Balaban J connectivity index is 1.88. The molecule has 20 heavy (non-hydrogen) atoms. The molecule has 0 N–H and O–H groups in total. The SMILES string of the molecule is Cc1cc(C)cc(N(C)CCOc2ccc(Br)cc2)c1. The molecule has 0 aliphatic heterocycles. The Bertz CT molecular complexity index is 545. The maximum absolute atomic E-state index is 5.75. The summed E-state index contributed by atoms with van der Waals surface area (Å²) in [6, 6.07) is 14.5. The molecule has 2 rings (SSSR count). The summed E-state index contributed by atoms with van der Waals surface area (Å²) < 4.78 is 6.82. The van der Waals surface area contributed by atoms with Crippen molar-refractivity contribution in [1.29, 1.82) is 0 Å². The average Bonchev–Trinajstić information content (AvgIpc) is 2.40. The molecule has 2 aromatic rings. The fourth-order valence-corrected chi connectivity index (χ4v) is 2.40. The normalized spacial score (nSPS) is 10.4. The van der Waals surface area contributed by atoms with Crippen LogP contribution in [0.1, 0.15) is 11.1 Å². The van der Waals surface area contributed by atoms with Crippen molar-refractivity contribution in [2.45, 2.75) is 13.8 Å².